The molecule has 2 fully saturated rings. The van der Waals surface area contributed by atoms with Crippen LogP contribution < -0.4 is 10.6 Å². The molecule has 1 aromatic heterocycles. The van der Waals surface area contributed by atoms with Crippen molar-refractivity contribution < 1.29 is 9.32 Å². The van der Waals surface area contributed by atoms with Crippen molar-refractivity contribution in [2.45, 2.75) is 38.0 Å². The van der Waals surface area contributed by atoms with Gasteiger partial charge >= 0.3 is 0 Å². The summed E-state index contributed by atoms with van der Waals surface area (Å²) < 4.78 is 5.19. The molecule has 1 unspecified atom stereocenters. The van der Waals surface area contributed by atoms with Crippen LogP contribution in [-0.2, 0) is 0 Å². The van der Waals surface area contributed by atoms with E-state index >= 15 is 0 Å². The van der Waals surface area contributed by atoms with Gasteiger partial charge in [-0.15, -0.1) is 0 Å². The Labute approximate surface area is 113 Å². The van der Waals surface area contributed by atoms with E-state index in [0.717, 1.165) is 44.7 Å². The van der Waals surface area contributed by atoms with Crippen LogP contribution in [0.25, 0.3) is 0 Å². The van der Waals surface area contributed by atoms with Crippen LogP contribution in [0, 0.1) is 5.92 Å². The van der Waals surface area contributed by atoms with Crippen LogP contribution in [0.3, 0.4) is 0 Å². The van der Waals surface area contributed by atoms with E-state index in [1.54, 1.807) is 6.07 Å². The molecule has 2 aliphatic rings. The third-order valence-electron chi connectivity index (χ3n) is 3.98. The van der Waals surface area contributed by atoms with Gasteiger partial charge in [0, 0.05) is 18.5 Å². The number of nitrogens with zero attached hydrogens (tertiary/aromatic N) is 1. The molecule has 0 radical (unpaired) electrons. The van der Waals surface area contributed by atoms with Crippen molar-refractivity contribution in [3.63, 3.8) is 0 Å². The molecule has 2 heterocycles. The van der Waals surface area contributed by atoms with E-state index in [4.69, 9.17) is 4.52 Å². The van der Waals surface area contributed by atoms with E-state index in [0.29, 0.717) is 17.5 Å². The van der Waals surface area contributed by atoms with Crippen molar-refractivity contribution in [3.05, 3.63) is 17.5 Å². The Morgan fingerprint density at radius 3 is 3.11 bits per heavy atom. The molecule has 2 N–H and O–H groups in total. The molecule has 1 saturated carbocycles. The number of hydrogen-bond donors (Lipinski definition) is 2. The highest BCUT2D eigenvalue weighted by Crippen LogP contribution is 2.40. The third-order valence-corrected chi connectivity index (χ3v) is 3.98. The first-order valence-electron chi connectivity index (χ1n) is 7.28. The minimum absolute atomic E-state index is 0.112. The minimum atomic E-state index is -0.112. The Balaban J connectivity index is 1.42. The molecule has 1 amide bonds. The molecule has 0 aromatic carbocycles. The summed E-state index contributed by atoms with van der Waals surface area (Å²) in [5.74, 6) is 1.94. The summed E-state index contributed by atoms with van der Waals surface area (Å²) in [6, 6.07) is 1.79. The van der Waals surface area contributed by atoms with Gasteiger partial charge in [-0.3, -0.25) is 4.79 Å². The lowest BCUT2D eigenvalue weighted by atomic mass is 9.96. The molecule has 3 rings (SSSR count). The number of aromatic nitrogens is 1. The zero-order valence-electron chi connectivity index (χ0n) is 11.2. The maximum atomic E-state index is 11.9. The Morgan fingerprint density at radius 2 is 2.37 bits per heavy atom. The van der Waals surface area contributed by atoms with Crippen LogP contribution in [0.1, 0.15) is 54.3 Å². The highest BCUT2D eigenvalue weighted by atomic mass is 16.5. The number of carbonyl (C=O) groups excluding carboxylic acids is 1. The minimum Gasteiger partial charge on any atom is -0.360 e. The highest BCUT2D eigenvalue weighted by Gasteiger charge is 2.28. The lowest BCUT2D eigenvalue weighted by Gasteiger charge is -2.22. The second kappa shape index (κ2) is 5.74. The molecule has 1 aromatic rings. The second-order valence-corrected chi connectivity index (χ2v) is 5.65. The fourth-order valence-corrected chi connectivity index (χ4v) is 2.61. The monoisotopic (exact) mass is 263 g/mol. The summed E-state index contributed by atoms with van der Waals surface area (Å²) in [6.07, 6.45) is 5.85. The molecule has 1 atom stereocenters. The van der Waals surface area contributed by atoms with Gasteiger partial charge in [-0.2, -0.15) is 0 Å². The first-order valence-corrected chi connectivity index (χ1v) is 7.28. The molecule has 5 heteroatoms. The van der Waals surface area contributed by atoms with Crippen molar-refractivity contribution in [1.29, 1.82) is 0 Å². The van der Waals surface area contributed by atoms with Crippen LogP contribution in [-0.4, -0.2) is 30.7 Å². The number of carbonyl (C=O) groups is 1. The van der Waals surface area contributed by atoms with Gasteiger partial charge in [0.25, 0.3) is 5.91 Å². The van der Waals surface area contributed by atoms with Gasteiger partial charge in [-0.25, -0.2) is 0 Å². The standard InChI is InChI=1S/C14H21N3O2/c18-14(12-8-13(19-17-12)11-3-4-11)16-7-5-10-2-1-6-15-9-10/h8,10-11,15H,1-7,9H2,(H,16,18). The van der Waals surface area contributed by atoms with Gasteiger partial charge in [0.05, 0.1) is 0 Å². The zero-order chi connectivity index (χ0) is 13.1. The van der Waals surface area contributed by atoms with E-state index in [1.807, 2.05) is 0 Å². The summed E-state index contributed by atoms with van der Waals surface area (Å²) in [7, 11) is 0. The maximum absolute atomic E-state index is 11.9. The molecular weight excluding hydrogens is 242 g/mol. The number of rotatable bonds is 5. The fraction of sp³-hybridized carbons (Fsp3) is 0.714. The normalized spacial score (nSPS) is 23.3. The zero-order valence-corrected chi connectivity index (χ0v) is 11.2. The lowest BCUT2D eigenvalue weighted by Crippen LogP contribution is -2.33. The van der Waals surface area contributed by atoms with E-state index in [9.17, 15) is 4.79 Å². The number of hydrogen-bond acceptors (Lipinski definition) is 4. The average Bonchev–Trinajstić information content (AvgIpc) is 3.17. The van der Waals surface area contributed by atoms with Crippen molar-refractivity contribution in [1.82, 2.24) is 15.8 Å². The van der Waals surface area contributed by atoms with Crippen LogP contribution in [0.4, 0.5) is 0 Å². The third kappa shape index (κ3) is 3.35. The molecular formula is C14H21N3O2. The summed E-state index contributed by atoms with van der Waals surface area (Å²) in [5.41, 5.74) is 0.420. The molecule has 1 saturated heterocycles. The van der Waals surface area contributed by atoms with Gasteiger partial charge in [-0.1, -0.05) is 5.16 Å². The Kier molecular flexibility index (Phi) is 3.82. The van der Waals surface area contributed by atoms with Crippen molar-refractivity contribution in [3.8, 4) is 0 Å². The van der Waals surface area contributed by atoms with Crippen molar-refractivity contribution >= 4 is 5.91 Å². The first-order chi connectivity index (χ1) is 9.33. The fourth-order valence-electron chi connectivity index (χ4n) is 2.61. The summed E-state index contributed by atoms with van der Waals surface area (Å²) in [6.45, 7) is 2.92. The van der Waals surface area contributed by atoms with Gasteiger partial charge in [0.2, 0.25) is 0 Å². The number of amides is 1. The predicted octanol–water partition coefficient (Wildman–Crippen LogP) is 1.67. The number of piperidine rings is 1. The quantitative estimate of drug-likeness (QED) is 0.848. The van der Waals surface area contributed by atoms with Crippen LogP contribution in [0.5, 0.6) is 0 Å². The van der Waals surface area contributed by atoms with Gasteiger partial charge in [0.15, 0.2) is 5.69 Å². The average molecular weight is 263 g/mol. The van der Waals surface area contributed by atoms with E-state index in [1.165, 1.54) is 12.8 Å². The van der Waals surface area contributed by atoms with E-state index in [-0.39, 0.29) is 5.91 Å². The Morgan fingerprint density at radius 1 is 1.47 bits per heavy atom. The summed E-state index contributed by atoms with van der Waals surface area (Å²) in [5, 5.41) is 10.2. The van der Waals surface area contributed by atoms with E-state index in [2.05, 4.69) is 15.8 Å². The highest BCUT2D eigenvalue weighted by molar-refractivity contribution is 5.92. The molecule has 0 spiro atoms. The Hall–Kier alpha value is -1.36. The van der Waals surface area contributed by atoms with Gasteiger partial charge in [-0.05, 0) is 51.1 Å². The van der Waals surface area contributed by atoms with E-state index < -0.39 is 0 Å². The van der Waals surface area contributed by atoms with Crippen LogP contribution in [0.2, 0.25) is 0 Å². The molecule has 104 valence electrons. The lowest BCUT2D eigenvalue weighted by molar-refractivity contribution is 0.0941. The molecule has 5 nitrogen and oxygen atoms in total. The maximum Gasteiger partial charge on any atom is 0.273 e. The van der Waals surface area contributed by atoms with Gasteiger partial charge < -0.3 is 15.2 Å². The molecule has 1 aliphatic carbocycles. The SMILES string of the molecule is O=C(NCCC1CCCNC1)c1cc(C2CC2)on1. The number of nitrogens with one attached hydrogen (secondary N) is 2. The van der Waals surface area contributed by atoms with Crippen molar-refractivity contribution in [2.75, 3.05) is 19.6 Å². The topological polar surface area (TPSA) is 67.2 Å². The largest absolute Gasteiger partial charge is 0.360 e. The second-order valence-electron chi connectivity index (χ2n) is 5.65. The molecule has 1 aliphatic heterocycles. The summed E-state index contributed by atoms with van der Waals surface area (Å²) >= 11 is 0. The predicted molar refractivity (Wildman–Crippen MR) is 71.0 cm³/mol. The van der Waals surface area contributed by atoms with Gasteiger partial charge in [0.1, 0.15) is 5.76 Å². The molecule has 0 bridgehead atoms. The Bertz CT molecular complexity index is 434. The smallest absolute Gasteiger partial charge is 0.273 e. The van der Waals surface area contributed by atoms with Crippen LogP contribution in [0.15, 0.2) is 10.6 Å². The van der Waals surface area contributed by atoms with Crippen molar-refractivity contribution in [2.24, 2.45) is 5.92 Å². The van der Waals surface area contributed by atoms with Crippen LogP contribution >= 0.6 is 0 Å². The molecule has 19 heavy (non-hydrogen) atoms. The summed E-state index contributed by atoms with van der Waals surface area (Å²) in [4.78, 5) is 11.9. The first kappa shape index (κ1) is 12.7.